The van der Waals surface area contributed by atoms with Gasteiger partial charge in [0.15, 0.2) is 5.75 Å². The van der Waals surface area contributed by atoms with Gasteiger partial charge in [0.1, 0.15) is 23.3 Å². The molecule has 0 N–H and O–H groups in total. The van der Waals surface area contributed by atoms with E-state index in [9.17, 15) is 4.79 Å². The Kier molecular flexibility index (Phi) is 12.2. The Labute approximate surface area is 309 Å². The van der Waals surface area contributed by atoms with Gasteiger partial charge in [-0.05, 0) is 78.1 Å². The van der Waals surface area contributed by atoms with E-state index in [1.165, 1.54) is 16.7 Å². The lowest BCUT2D eigenvalue weighted by atomic mass is 10.1. The van der Waals surface area contributed by atoms with Gasteiger partial charge in [-0.3, -0.25) is 9.69 Å². The summed E-state index contributed by atoms with van der Waals surface area (Å²) in [5.74, 6) is 2.27. The Hall–Kier alpha value is -4.89. The maximum atomic E-state index is 13.0. The number of pyridine rings is 2. The van der Waals surface area contributed by atoms with E-state index in [0.29, 0.717) is 59.6 Å². The van der Waals surface area contributed by atoms with Crippen LogP contribution in [0, 0.1) is 13.8 Å². The lowest BCUT2D eigenvalue weighted by Crippen LogP contribution is -2.47. The van der Waals surface area contributed by atoms with Crippen LogP contribution in [-0.2, 0) is 24.4 Å². The number of nitrogens with zero attached hydrogens (tertiary/aromatic N) is 4. The number of hydrogen-bond donors (Lipinski definition) is 0. The van der Waals surface area contributed by atoms with Crippen LogP contribution in [-0.4, -0.2) is 58.5 Å². The summed E-state index contributed by atoms with van der Waals surface area (Å²) in [5.41, 5.74) is 6.41. The third kappa shape index (κ3) is 10.6. The average molecular weight is 724 g/mol. The Bertz CT molecular complexity index is 1900. The molecule has 0 spiro atoms. The molecule has 51 heavy (non-hydrogen) atoms. The number of rotatable bonds is 13. The number of carbonyl (C=O) groups is 1. The fourth-order valence-corrected chi connectivity index (χ4v) is 6.08. The van der Waals surface area contributed by atoms with Crippen molar-refractivity contribution in [3.05, 3.63) is 147 Å². The van der Waals surface area contributed by atoms with Crippen LogP contribution in [0.2, 0.25) is 10.2 Å². The zero-order chi connectivity index (χ0) is 35.6. The topological polar surface area (TPSA) is 77.0 Å². The number of hydrogen-bond acceptors (Lipinski definition) is 7. The van der Waals surface area contributed by atoms with Crippen LogP contribution in [0.5, 0.6) is 23.1 Å². The summed E-state index contributed by atoms with van der Waals surface area (Å²) in [6.07, 6.45) is 7.48. The quantitative estimate of drug-likeness (QED) is 0.0889. The summed E-state index contributed by atoms with van der Waals surface area (Å²) in [5, 5.41) is 0.889. The van der Waals surface area contributed by atoms with Gasteiger partial charge in [0.2, 0.25) is 11.8 Å². The van der Waals surface area contributed by atoms with Crippen molar-refractivity contribution in [2.45, 2.75) is 33.4 Å². The maximum absolute atomic E-state index is 13.0. The molecule has 1 amide bonds. The largest absolute Gasteiger partial charge is 0.492 e. The van der Waals surface area contributed by atoms with Crippen molar-refractivity contribution in [1.82, 2.24) is 19.8 Å². The van der Waals surface area contributed by atoms with Gasteiger partial charge in [-0.15, -0.1) is 0 Å². The van der Waals surface area contributed by atoms with Crippen LogP contribution in [0.25, 0.3) is 6.08 Å². The number of aromatic nitrogens is 2. The Morgan fingerprint density at radius 1 is 0.784 bits per heavy atom. The van der Waals surface area contributed by atoms with E-state index >= 15 is 0 Å². The van der Waals surface area contributed by atoms with Gasteiger partial charge in [-0.25, -0.2) is 9.97 Å². The van der Waals surface area contributed by atoms with Gasteiger partial charge in [0, 0.05) is 51.3 Å². The van der Waals surface area contributed by atoms with Crippen molar-refractivity contribution in [2.24, 2.45) is 0 Å². The average Bonchev–Trinajstić information content (AvgIpc) is 3.14. The van der Waals surface area contributed by atoms with Crippen LogP contribution in [0.1, 0.15) is 33.4 Å². The number of halogens is 2. The van der Waals surface area contributed by atoms with Crippen LogP contribution >= 0.6 is 23.2 Å². The fourth-order valence-electron chi connectivity index (χ4n) is 5.65. The van der Waals surface area contributed by atoms with Gasteiger partial charge in [0.25, 0.3) is 0 Å². The summed E-state index contributed by atoms with van der Waals surface area (Å²) in [6, 6.07) is 27.7. The smallest absolute Gasteiger partial charge is 0.246 e. The van der Waals surface area contributed by atoms with Gasteiger partial charge in [-0.2, -0.15) is 0 Å². The zero-order valence-electron chi connectivity index (χ0n) is 28.7. The highest BCUT2D eigenvalue weighted by molar-refractivity contribution is 6.32. The standard InChI is InChI=1S/C41H40Cl2N4O4/c1-29-3-5-33(6-4-29)28-50-36-13-15-39(45-26-36)51-41-30(2)23-34(24-37(41)42)11-16-40(48)47-20-18-46(19-21-47)27-32-9-7-31(8-10-32)17-22-49-35-12-14-38(43)44-25-35/h3-16,23-26H,17-22,27-28H2,1-2H3. The second-order valence-corrected chi connectivity index (χ2v) is 13.3. The summed E-state index contributed by atoms with van der Waals surface area (Å²) < 4.78 is 17.6. The first-order valence-electron chi connectivity index (χ1n) is 16.9. The lowest BCUT2D eigenvalue weighted by Gasteiger charge is -2.34. The van der Waals surface area contributed by atoms with E-state index in [4.69, 9.17) is 37.4 Å². The zero-order valence-corrected chi connectivity index (χ0v) is 30.2. The highest BCUT2D eigenvalue weighted by Crippen LogP contribution is 2.34. The maximum Gasteiger partial charge on any atom is 0.246 e. The predicted octanol–water partition coefficient (Wildman–Crippen LogP) is 8.75. The molecule has 3 aromatic carbocycles. The van der Waals surface area contributed by atoms with Crippen LogP contribution in [0.3, 0.4) is 0 Å². The van der Waals surface area contributed by atoms with E-state index < -0.39 is 0 Å². The van der Waals surface area contributed by atoms with E-state index in [2.05, 4.69) is 58.2 Å². The monoisotopic (exact) mass is 722 g/mol. The normalized spacial score (nSPS) is 13.4. The molecule has 1 fully saturated rings. The molecular formula is C41H40Cl2N4O4. The number of carbonyl (C=O) groups excluding carboxylic acids is 1. The van der Waals surface area contributed by atoms with E-state index in [0.717, 1.165) is 42.7 Å². The van der Waals surface area contributed by atoms with Gasteiger partial charge >= 0.3 is 0 Å². The number of piperazine rings is 1. The minimum absolute atomic E-state index is 0.0152. The highest BCUT2D eigenvalue weighted by Gasteiger charge is 2.20. The molecule has 1 saturated heterocycles. The molecule has 2 aromatic heterocycles. The summed E-state index contributed by atoms with van der Waals surface area (Å²) in [7, 11) is 0. The van der Waals surface area contributed by atoms with Crippen LogP contribution in [0.4, 0.5) is 0 Å². The SMILES string of the molecule is Cc1ccc(COc2ccc(Oc3c(C)cc(C=CC(=O)N4CCN(Cc5ccc(CCOc6ccc(Cl)nc6)cc5)CC4)cc3Cl)nc2)cc1. The minimum Gasteiger partial charge on any atom is -0.492 e. The number of benzene rings is 3. The molecule has 262 valence electrons. The molecule has 10 heteroatoms. The molecule has 1 aliphatic rings. The van der Waals surface area contributed by atoms with Crippen molar-refractivity contribution in [3.8, 4) is 23.1 Å². The highest BCUT2D eigenvalue weighted by atomic mass is 35.5. The van der Waals surface area contributed by atoms with E-state index in [1.807, 2.05) is 42.2 Å². The molecule has 0 bridgehead atoms. The molecule has 0 atom stereocenters. The molecule has 8 nitrogen and oxygen atoms in total. The summed E-state index contributed by atoms with van der Waals surface area (Å²) in [6.45, 7) is 8.83. The fraction of sp³-hybridized carbons (Fsp3) is 0.244. The van der Waals surface area contributed by atoms with Crippen molar-refractivity contribution in [2.75, 3.05) is 32.8 Å². The first-order chi connectivity index (χ1) is 24.8. The minimum atomic E-state index is -0.0152. The number of aryl methyl sites for hydroxylation is 2. The van der Waals surface area contributed by atoms with Crippen molar-refractivity contribution in [3.63, 3.8) is 0 Å². The molecule has 3 heterocycles. The molecule has 0 unspecified atom stereocenters. The van der Waals surface area contributed by atoms with Crippen molar-refractivity contribution < 1.29 is 19.0 Å². The summed E-state index contributed by atoms with van der Waals surface area (Å²) in [4.78, 5) is 25.7. The molecule has 0 saturated carbocycles. The molecular weight excluding hydrogens is 683 g/mol. The van der Waals surface area contributed by atoms with Crippen molar-refractivity contribution >= 4 is 35.2 Å². The third-order valence-electron chi connectivity index (χ3n) is 8.58. The summed E-state index contributed by atoms with van der Waals surface area (Å²) >= 11 is 12.5. The van der Waals surface area contributed by atoms with Crippen molar-refractivity contribution in [1.29, 1.82) is 0 Å². The Balaban J connectivity index is 0.931. The predicted molar refractivity (Wildman–Crippen MR) is 202 cm³/mol. The Morgan fingerprint density at radius 3 is 2.16 bits per heavy atom. The molecule has 6 rings (SSSR count). The van der Waals surface area contributed by atoms with Gasteiger partial charge < -0.3 is 19.1 Å². The van der Waals surface area contributed by atoms with E-state index in [1.54, 1.807) is 42.7 Å². The first kappa shape index (κ1) is 35.9. The number of amides is 1. The van der Waals surface area contributed by atoms with Gasteiger partial charge in [0.05, 0.1) is 24.0 Å². The van der Waals surface area contributed by atoms with Crippen LogP contribution in [0.15, 0.2) is 103 Å². The van der Waals surface area contributed by atoms with E-state index in [-0.39, 0.29) is 5.91 Å². The Morgan fingerprint density at radius 2 is 1.47 bits per heavy atom. The van der Waals surface area contributed by atoms with Crippen LogP contribution < -0.4 is 14.2 Å². The third-order valence-corrected chi connectivity index (χ3v) is 9.09. The molecule has 1 aliphatic heterocycles. The second-order valence-electron chi connectivity index (χ2n) is 12.5. The lowest BCUT2D eigenvalue weighted by molar-refractivity contribution is -0.127. The molecule has 0 aliphatic carbocycles. The second kappa shape index (κ2) is 17.4. The molecule has 0 radical (unpaired) electrons. The molecule has 5 aromatic rings. The first-order valence-corrected chi connectivity index (χ1v) is 17.7. The van der Waals surface area contributed by atoms with Gasteiger partial charge in [-0.1, -0.05) is 77.3 Å². The number of ether oxygens (including phenoxy) is 3.